The van der Waals surface area contributed by atoms with Crippen LogP contribution in [0.4, 0.5) is 0 Å². The number of hydrogen-bond donors (Lipinski definition) is 1. The van der Waals surface area contributed by atoms with Crippen molar-refractivity contribution in [3.05, 3.63) is 48.0 Å². The molecule has 0 aromatic heterocycles. The Balaban J connectivity index is 0.00000160. The number of rotatable bonds is 5. The standard InChI is InChI=1S/C25H36N2O.2ClH/c1-26(2)23-12-16-27(17-13-23)19-24(25(28)14-6-3-7-15-25)22-11-10-20-8-4-5-9-21(20)18-22;;/h4-5,8-11,18,23-24,28H,3,6-7,12-17,19H2,1-2H3;2*1H. The van der Waals surface area contributed by atoms with Gasteiger partial charge < -0.3 is 14.9 Å². The quantitative estimate of drug-likeness (QED) is 0.649. The van der Waals surface area contributed by atoms with Gasteiger partial charge in [-0.2, -0.15) is 0 Å². The number of aliphatic hydroxyl groups is 1. The molecule has 0 amide bonds. The van der Waals surface area contributed by atoms with E-state index in [0.29, 0.717) is 6.04 Å². The average molecular weight is 453 g/mol. The Labute approximate surface area is 194 Å². The van der Waals surface area contributed by atoms with Crippen molar-refractivity contribution in [1.29, 1.82) is 0 Å². The van der Waals surface area contributed by atoms with Crippen LogP contribution in [0.3, 0.4) is 0 Å². The fourth-order valence-electron chi connectivity index (χ4n) is 5.40. The summed E-state index contributed by atoms with van der Waals surface area (Å²) in [5.74, 6) is 0.202. The number of halogens is 2. The van der Waals surface area contributed by atoms with Gasteiger partial charge in [0.05, 0.1) is 5.60 Å². The summed E-state index contributed by atoms with van der Waals surface area (Å²) in [6.45, 7) is 3.26. The minimum Gasteiger partial charge on any atom is -0.389 e. The van der Waals surface area contributed by atoms with Crippen LogP contribution in [0.1, 0.15) is 56.4 Å². The first-order valence-corrected chi connectivity index (χ1v) is 11.1. The van der Waals surface area contributed by atoms with Crippen LogP contribution in [0.25, 0.3) is 10.8 Å². The molecule has 0 bridgehead atoms. The molecule has 1 aliphatic heterocycles. The SMILES string of the molecule is CN(C)C1CCN(CC(c2ccc3ccccc3c2)C2(O)CCCCC2)CC1.Cl.Cl. The molecule has 1 aliphatic carbocycles. The zero-order chi connectivity index (χ0) is 19.6. The summed E-state index contributed by atoms with van der Waals surface area (Å²) >= 11 is 0. The van der Waals surface area contributed by atoms with Crippen molar-refractivity contribution >= 4 is 35.6 Å². The van der Waals surface area contributed by atoms with Gasteiger partial charge in [0, 0.05) is 18.5 Å². The Morgan fingerprint density at radius 1 is 0.967 bits per heavy atom. The Morgan fingerprint density at radius 3 is 2.23 bits per heavy atom. The summed E-state index contributed by atoms with van der Waals surface area (Å²) in [5.41, 5.74) is 0.761. The van der Waals surface area contributed by atoms with E-state index < -0.39 is 5.60 Å². The number of nitrogens with zero attached hydrogens (tertiary/aromatic N) is 2. The molecule has 2 fully saturated rings. The molecule has 1 heterocycles. The Morgan fingerprint density at radius 2 is 1.60 bits per heavy atom. The molecule has 0 spiro atoms. The molecule has 2 aromatic carbocycles. The third-order valence-corrected chi connectivity index (χ3v) is 7.27. The first-order valence-electron chi connectivity index (χ1n) is 11.1. The molecule has 30 heavy (non-hydrogen) atoms. The van der Waals surface area contributed by atoms with E-state index in [2.05, 4.69) is 66.4 Å². The summed E-state index contributed by atoms with van der Waals surface area (Å²) < 4.78 is 0. The maximum atomic E-state index is 11.7. The molecule has 0 radical (unpaired) electrons. The lowest BCUT2D eigenvalue weighted by Crippen LogP contribution is -2.48. The highest BCUT2D eigenvalue weighted by Gasteiger charge is 2.40. The van der Waals surface area contributed by atoms with Crippen molar-refractivity contribution < 1.29 is 5.11 Å². The van der Waals surface area contributed by atoms with Gasteiger partial charge in [0.15, 0.2) is 0 Å². The minimum atomic E-state index is -0.556. The number of hydrogen-bond acceptors (Lipinski definition) is 3. The molecule has 1 saturated carbocycles. The zero-order valence-corrected chi connectivity index (χ0v) is 20.1. The van der Waals surface area contributed by atoms with E-state index in [-0.39, 0.29) is 30.7 Å². The number of likely N-dealkylation sites (tertiary alicyclic amines) is 1. The van der Waals surface area contributed by atoms with Gasteiger partial charge in [-0.15, -0.1) is 24.8 Å². The predicted molar refractivity (Wildman–Crippen MR) is 132 cm³/mol. The zero-order valence-electron chi connectivity index (χ0n) is 18.4. The summed E-state index contributed by atoms with van der Waals surface area (Å²) in [7, 11) is 4.39. The molecule has 4 rings (SSSR count). The lowest BCUT2D eigenvalue weighted by Gasteiger charge is -2.43. The number of benzene rings is 2. The number of piperidine rings is 1. The van der Waals surface area contributed by atoms with E-state index in [4.69, 9.17) is 0 Å². The van der Waals surface area contributed by atoms with Gasteiger partial charge in [-0.05, 0) is 69.2 Å². The lowest BCUT2D eigenvalue weighted by molar-refractivity contribution is -0.0335. The maximum absolute atomic E-state index is 11.7. The van der Waals surface area contributed by atoms with Crippen LogP contribution in [0.5, 0.6) is 0 Å². The van der Waals surface area contributed by atoms with Gasteiger partial charge in [0.2, 0.25) is 0 Å². The predicted octanol–water partition coefficient (Wildman–Crippen LogP) is 5.49. The number of fused-ring (bicyclic) bond motifs is 1. The van der Waals surface area contributed by atoms with Crippen molar-refractivity contribution in [1.82, 2.24) is 9.80 Å². The van der Waals surface area contributed by atoms with E-state index in [0.717, 1.165) is 45.3 Å². The molecule has 2 aliphatic rings. The van der Waals surface area contributed by atoms with E-state index in [1.54, 1.807) is 0 Å². The van der Waals surface area contributed by atoms with E-state index >= 15 is 0 Å². The summed E-state index contributed by atoms with van der Waals surface area (Å²) in [6.07, 6.45) is 7.93. The van der Waals surface area contributed by atoms with E-state index in [1.165, 1.54) is 35.6 Å². The topological polar surface area (TPSA) is 26.7 Å². The normalized spacial score (nSPS) is 21.1. The molecule has 168 valence electrons. The molecule has 1 unspecified atom stereocenters. The van der Waals surface area contributed by atoms with Crippen LogP contribution in [0, 0.1) is 0 Å². The highest BCUT2D eigenvalue weighted by Crippen LogP contribution is 2.41. The first-order chi connectivity index (χ1) is 13.5. The van der Waals surface area contributed by atoms with Crippen molar-refractivity contribution in [2.45, 2.75) is 62.5 Å². The lowest BCUT2D eigenvalue weighted by atomic mass is 9.72. The van der Waals surface area contributed by atoms with Gasteiger partial charge in [-0.3, -0.25) is 0 Å². The Kier molecular flexibility index (Phi) is 9.45. The third-order valence-electron chi connectivity index (χ3n) is 7.27. The van der Waals surface area contributed by atoms with E-state index in [1.807, 2.05) is 0 Å². The van der Waals surface area contributed by atoms with Gasteiger partial charge in [-0.25, -0.2) is 0 Å². The molecule has 1 atom stereocenters. The molecular formula is C25H38Cl2N2O. The summed E-state index contributed by atoms with van der Waals surface area (Å²) in [4.78, 5) is 4.97. The van der Waals surface area contributed by atoms with Crippen molar-refractivity contribution in [2.75, 3.05) is 33.7 Å². The highest BCUT2D eigenvalue weighted by molar-refractivity contribution is 5.85. The highest BCUT2D eigenvalue weighted by atomic mass is 35.5. The second-order valence-electron chi connectivity index (χ2n) is 9.32. The molecule has 2 aromatic rings. The van der Waals surface area contributed by atoms with Crippen LogP contribution in [-0.4, -0.2) is 60.3 Å². The molecular weight excluding hydrogens is 415 g/mol. The van der Waals surface area contributed by atoms with E-state index in [9.17, 15) is 5.11 Å². The smallest absolute Gasteiger partial charge is 0.0728 e. The monoisotopic (exact) mass is 452 g/mol. The van der Waals surface area contributed by atoms with Crippen molar-refractivity contribution in [2.24, 2.45) is 0 Å². The summed E-state index contributed by atoms with van der Waals surface area (Å²) in [6, 6.07) is 16.1. The largest absolute Gasteiger partial charge is 0.389 e. The Hall–Kier alpha value is -0.840. The average Bonchev–Trinajstić information content (AvgIpc) is 2.72. The fraction of sp³-hybridized carbons (Fsp3) is 0.600. The van der Waals surface area contributed by atoms with Crippen LogP contribution >= 0.6 is 24.8 Å². The van der Waals surface area contributed by atoms with Crippen LogP contribution in [0.2, 0.25) is 0 Å². The summed E-state index contributed by atoms with van der Waals surface area (Å²) in [5, 5.41) is 14.3. The third kappa shape index (κ3) is 5.69. The first kappa shape index (κ1) is 25.4. The Bertz CT molecular complexity index is 784. The van der Waals surface area contributed by atoms with Gasteiger partial charge in [0.25, 0.3) is 0 Å². The fourth-order valence-corrected chi connectivity index (χ4v) is 5.40. The second kappa shape index (κ2) is 11.2. The molecule has 3 nitrogen and oxygen atoms in total. The van der Waals surface area contributed by atoms with Gasteiger partial charge in [0.1, 0.15) is 0 Å². The minimum absolute atomic E-state index is 0. The maximum Gasteiger partial charge on any atom is 0.0728 e. The van der Waals surface area contributed by atoms with Crippen LogP contribution in [-0.2, 0) is 0 Å². The van der Waals surface area contributed by atoms with Crippen LogP contribution in [0.15, 0.2) is 42.5 Å². The van der Waals surface area contributed by atoms with Gasteiger partial charge >= 0.3 is 0 Å². The van der Waals surface area contributed by atoms with Crippen LogP contribution < -0.4 is 0 Å². The molecule has 1 saturated heterocycles. The van der Waals surface area contributed by atoms with Crippen molar-refractivity contribution in [3.63, 3.8) is 0 Å². The molecule has 5 heteroatoms. The van der Waals surface area contributed by atoms with Gasteiger partial charge in [-0.1, -0.05) is 61.7 Å². The second-order valence-corrected chi connectivity index (χ2v) is 9.32. The molecule has 1 N–H and O–H groups in total. The van der Waals surface area contributed by atoms with Crippen molar-refractivity contribution in [3.8, 4) is 0 Å².